The predicted octanol–water partition coefficient (Wildman–Crippen LogP) is 2.44. The molecule has 0 N–H and O–H groups in total. The van der Waals surface area contributed by atoms with Crippen molar-refractivity contribution in [1.82, 2.24) is 0 Å². The van der Waals surface area contributed by atoms with Gasteiger partial charge in [-0.3, -0.25) is 4.79 Å². The summed E-state index contributed by atoms with van der Waals surface area (Å²) in [5.74, 6) is -0.0379. The summed E-state index contributed by atoms with van der Waals surface area (Å²) in [6, 6.07) is 0. The number of unbranched alkanes of at least 4 members (excludes halogenated alkanes) is 1. The normalized spacial score (nSPS) is 22.4. The highest BCUT2D eigenvalue weighted by Crippen LogP contribution is 2.18. The number of allylic oxidation sites excluding steroid dienone is 2. The summed E-state index contributed by atoms with van der Waals surface area (Å²) >= 11 is 0. The zero-order valence-corrected chi connectivity index (χ0v) is 7.58. The van der Waals surface area contributed by atoms with Crippen LogP contribution in [-0.4, -0.2) is 12.1 Å². The average molecular weight is 168 g/mol. The second-order valence-electron chi connectivity index (χ2n) is 3.13. The summed E-state index contributed by atoms with van der Waals surface area (Å²) in [6.45, 7) is 2.13. The maximum Gasteiger partial charge on any atom is 0.309 e. The third kappa shape index (κ3) is 3.07. The van der Waals surface area contributed by atoms with Crippen LogP contribution in [0.1, 0.15) is 39.0 Å². The SMILES string of the molecule is CC/C=C\CCCC1CC(=O)O1. The van der Waals surface area contributed by atoms with Gasteiger partial charge in [-0.2, -0.15) is 0 Å². The van der Waals surface area contributed by atoms with E-state index in [-0.39, 0.29) is 12.1 Å². The average Bonchev–Trinajstić information content (AvgIpc) is 2.00. The van der Waals surface area contributed by atoms with Crippen molar-refractivity contribution in [3.63, 3.8) is 0 Å². The lowest BCUT2D eigenvalue weighted by molar-refractivity contribution is -0.169. The Kier molecular flexibility index (Phi) is 3.85. The van der Waals surface area contributed by atoms with Crippen molar-refractivity contribution in [3.8, 4) is 0 Å². The first-order chi connectivity index (χ1) is 5.83. The van der Waals surface area contributed by atoms with Crippen molar-refractivity contribution in [2.75, 3.05) is 0 Å². The van der Waals surface area contributed by atoms with Crippen LogP contribution >= 0.6 is 0 Å². The van der Waals surface area contributed by atoms with Crippen LogP contribution in [0, 0.1) is 0 Å². The molecule has 0 amide bonds. The van der Waals surface area contributed by atoms with E-state index in [1.165, 1.54) is 0 Å². The molecule has 1 atom stereocenters. The number of ether oxygens (including phenoxy) is 1. The quantitative estimate of drug-likeness (QED) is 0.358. The molecular weight excluding hydrogens is 152 g/mol. The third-order valence-corrected chi connectivity index (χ3v) is 1.99. The molecule has 1 aliphatic heterocycles. The molecule has 2 heteroatoms. The minimum absolute atomic E-state index is 0.0379. The van der Waals surface area contributed by atoms with Crippen LogP contribution < -0.4 is 0 Å². The van der Waals surface area contributed by atoms with Crippen LogP contribution in [0.15, 0.2) is 12.2 Å². The first-order valence-corrected chi connectivity index (χ1v) is 4.67. The molecule has 0 bridgehead atoms. The summed E-state index contributed by atoms with van der Waals surface area (Å²) in [7, 11) is 0. The van der Waals surface area contributed by atoms with E-state index in [2.05, 4.69) is 19.1 Å². The molecule has 68 valence electrons. The maximum absolute atomic E-state index is 10.4. The van der Waals surface area contributed by atoms with Gasteiger partial charge in [-0.1, -0.05) is 19.1 Å². The van der Waals surface area contributed by atoms with Crippen LogP contribution in [0.2, 0.25) is 0 Å². The van der Waals surface area contributed by atoms with E-state index in [0.29, 0.717) is 6.42 Å². The first kappa shape index (κ1) is 9.30. The second kappa shape index (κ2) is 4.96. The van der Waals surface area contributed by atoms with E-state index in [9.17, 15) is 4.79 Å². The van der Waals surface area contributed by atoms with Crippen molar-refractivity contribution < 1.29 is 9.53 Å². The van der Waals surface area contributed by atoms with E-state index >= 15 is 0 Å². The van der Waals surface area contributed by atoms with E-state index in [0.717, 1.165) is 25.7 Å². The molecule has 0 aromatic heterocycles. The fourth-order valence-corrected chi connectivity index (χ4v) is 1.27. The van der Waals surface area contributed by atoms with Crippen LogP contribution in [-0.2, 0) is 9.53 Å². The number of carbonyl (C=O) groups excluding carboxylic acids is 1. The summed E-state index contributed by atoms with van der Waals surface area (Å²) in [6.07, 6.45) is 9.62. The Morgan fingerprint density at radius 3 is 2.92 bits per heavy atom. The number of esters is 1. The topological polar surface area (TPSA) is 26.3 Å². The molecule has 1 rings (SSSR count). The molecule has 12 heavy (non-hydrogen) atoms. The molecule has 1 fully saturated rings. The third-order valence-electron chi connectivity index (χ3n) is 1.99. The largest absolute Gasteiger partial charge is 0.462 e. The van der Waals surface area contributed by atoms with E-state index in [4.69, 9.17) is 4.74 Å². The Bertz CT molecular complexity index is 165. The molecule has 2 nitrogen and oxygen atoms in total. The lowest BCUT2D eigenvalue weighted by Gasteiger charge is -2.24. The van der Waals surface area contributed by atoms with Gasteiger partial charge in [0.25, 0.3) is 0 Å². The molecule has 0 saturated carbocycles. The number of hydrogen-bond donors (Lipinski definition) is 0. The summed E-state index contributed by atoms with van der Waals surface area (Å²) < 4.78 is 4.88. The van der Waals surface area contributed by atoms with Gasteiger partial charge in [0.15, 0.2) is 0 Å². The monoisotopic (exact) mass is 168 g/mol. The molecule has 1 saturated heterocycles. The van der Waals surface area contributed by atoms with Gasteiger partial charge in [-0.25, -0.2) is 0 Å². The molecule has 1 heterocycles. The Balaban J connectivity index is 1.89. The van der Waals surface area contributed by atoms with Crippen LogP contribution in [0.3, 0.4) is 0 Å². The van der Waals surface area contributed by atoms with Gasteiger partial charge in [-0.15, -0.1) is 0 Å². The van der Waals surface area contributed by atoms with Gasteiger partial charge >= 0.3 is 5.97 Å². The van der Waals surface area contributed by atoms with Crippen LogP contribution in [0.25, 0.3) is 0 Å². The molecular formula is C10H16O2. The molecule has 1 unspecified atom stereocenters. The lowest BCUT2D eigenvalue weighted by Crippen LogP contribution is -2.32. The van der Waals surface area contributed by atoms with Gasteiger partial charge < -0.3 is 4.74 Å². The van der Waals surface area contributed by atoms with Gasteiger partial charge in [0.05, 0.1) is 6.42 Å². The van der Waals surface area contributed by atoms with Gasteiger partial charge in [0, 0.05) is 0 Å². The highest BCUT2D eigenvalue weighted by Gasteiger charge is 2.26. The Morgan fingerprint density at radius 1 is 1.58 bits per heavy atom. The number of cyclic esters (lactones) is 1. The van der Waals surface area contributed by atoms with E-state index < -0.39 is 0 Å². The molecule has 0 aromatic carbocycles. The van der Waals surface area contributed by atoms with Crippen LogP contribution in [0.5, 0.6) is 0 Å². The minimum atomic E-state index is -0.0379. The van der Waals surface area contributed by atoms with Crippen molar-refractivity contribution in [2.45, 2.75) is 45.1 Å². The molecule has 1 aliphatic rings. The zero-order chi connectivity index (χ0) is 8.81. The molecule has 0 spiro atoms. The zero-order valence-electron chi connectivity index (χ0n) is 7.58. The number of carbonyl (C=O) groups is 1. The highest BCUT2D eigenvalue weighted by atomic mass is 16.6. The Morgan fingerprint density at radius 2 is 2.33 bits per heavy atom. The summed E-state index contributed by atoms with van der Waals surface area (Å²) in [5.41, 5.74) is 0. The fourth-order valence-electron chi connectivity index (χ4n) is 1.27. The van der Waals surface area contributed by atoms with Gasteiger partial charge in [-0.05, 0) is 25.7 Å². The number of rotatable bonds is 5. The molecule has 0 radical (unpaired) electrons. The molecule has 0 aromatic rings. The van der Waals surface area contributed by atoms with Crippen molar-refractivity contribution >= 4 is 5.97 Å². The highest BCUT2D eigenvalue weighted by molar-refractivity contribution is 5.75. The molecule has 0 aliphatic carbocycles. The predicted molar refractivity (Wildman–Crippen MR) is 47.8 cm³/mol. The Labute approximate surface area is 73.6 Å². The van der Waals surface area contributed by atoms with Gasteiger partial charge in [0.1, 0.15) is 6.10 Å². The fraction of sp³-hybridized carbons (Fsp3) is 0.700. The Hall–Kier alpha value is -0.790. The smallest absolute Gasteiger partial charge is 0.309 e. The standard InChI is InChI=1S/C10H16O2/c1-2-3-4-5-6-7-9-8-10(11)12-9/h3-4,9H,2,5-8H2,1H3/b4-3-. The van der Waals surface area contributed by atoms with Gasteiger partial charge in [0.2, 0.25) is 0 Å². The van der Waals surface area contributed by atoms with E-state index in [1.807, 2.05) is 0 Å². The summed E-state index contributed by atoms with van der Waals surface area (Å²) in [4.78, 5) is 10.4. The van der Waals surface area contributed by atoms with Crippen molar-refractivity contribution in [1.29, 1.82) is 0 Å². The second-order valence-corrected chi connectivity index (χ2v) is 3.13. The minimum Gasteiger partial charge on any atom is -0.462 e. The first-order valence-electron chi connectivity index (χ1n) is 4.67. The van der Waals surface area contributed by atoms with Crippen molar-refractivity contribution in [3.05, 3.63) is 12.2 Å². The summed E-state index contributed by atoms with van der Waals surface area (Å²) in [5, 5.41) is 0. The lowest BCUT2D eigenvalue weighted by atomic mass is 10.1. The maximum atomic E-state index is 10.4. The van der Waals surface area contributed by atoms with E-state index in [1.54, 1.807) is 0 Å². The van der Waals surface area contributed by atoms with Crippen LogP contribution in [0.4, 0.5) is 0 Å². The number of hydrogen-bond acceptors (Lipinski definition) is 2. The van der Waals surface area contributed by atoms with Crippen molar-refractivity contribution in [2.24, 2.45) is 0 Å².